The van der Waals surface area contributed by atoms with Crippen molar-refractivity contribution in [3.8, 4) is 5.75 Å². The van der Waals surface area contributed by atoms with Crippen LogP contribution in [0.15, 0.2) is 23.6 Å². The Morgan fingerprint density at radius 1 is 1.50 bits per heavy atom. The lowest BCUT2D eigenvalue weighted by Gasteiger charge is -2.21. The van der Waals surface area contributed by atoms with Gasteiger partial charge in [0.25, 0.3) is 0 Å². The maximum Gasteiger partial charge on any atom is 0.335 e. The van der Waals surface area contributed by atoms with Crippen LogP contribution in [0.5, 0.6) is 5.75 Å². The average molecular weight is 293 g/mol. The molecule has 1 aliphatic rings. The number of H-pyrrole nitrogens is 1. The number of ether oxygens (including phenoxy) is 2. The lowest BCUT2D eigenvalue weighted by atomic mass is 10.0. The standard InChI is InChI=1S/C12H11N3O4S/c16-11(17)7-1-8-3-18-6-19-10(8)9(2-7)4-20-12-13-5-14-15-12/h1-2,5H,3-4,6H2,(H,16,17)(H,13,14,15). The maximum absolute atomic E-state index is 11.2. The van der Waals surface area contributed by atoms with E-state index in [4.69, 9.17) is 14.6 Å². The van der Waals surface area contributed by atoms with Gasteiger partial charge in [0, 0.05) is 16.9 Å². The maximum atomic E-state index is 11.2. The Bertz CT molecular complexity index is 630. The first-order chi connectivity index (χ1) is 9.74. The molecule has 0 radical (unpaired) electrons. The fraction of sp³-hybridized carbons (Fsp3) is 0.250. The van der Waals surface area contributed by atoms with E-state index in [9.17, 15) is 4.79 Å². The third-order valence-electron chi connectivity index (χ3n) is 2.79. The summed E-state index contributed by atoms with van der Waals surface area (Å²) in [4.78, 5) is 15.2. The molecule has 3 rings (SSSR count). The second kappa shape index (κ2) is 5.51. The molecule has 0 fully saturated rings. The molecule has 0 atom stereocenters. The van der Waals surface area contributed by atoms with Crippen molar-refractivity contribution in [2.75, 3.05) is 6.79 Å². The van der Waals surface area contributed by atoms with Gasteiger partial charge in [-0.2, -0.15) is 5.10 Å². The Morgan fingerprint density at radius 2 is 2.40 bits per heavy atom. The van der Waals surface area contributed by atoms with Crippen molar-refractivity contribution in [3.63, 3.8) is 0 Å². The van der Waals surface area contributed by atoms with Gasteiger partial charge in [0.15, 0.2) is 11.9 Å². The molecule has 2 aromatic rings. The zero-order valence-electron chi connectivity index (χ0n) is 10.3. The fourth-order valence-corrected chi connectivity index (χ4v) is 2.69. The van der Waals surface area contributed by atoms with Gasteiger partial charge in [-0.25, -0.2) is 9.78 Å². The predicted octanol–water partition coefficient (Wildman–Crippen LogP) is 1.66. The highest BCUT2D eigenvalue weighted by Crippen LogP contribution is 2.33. The number of carboxylic acids is 1. The molecule has 2 heterocycles. The Hall–Kier alpha value is -2.06. The summed E-state index contributed by atoms with van der Waals surface area (Å²) in [6, 6.07) is 3.20. The van der Waals surface area contributed by atoms with Crippen LogP contribution >= 0.6 is 11.8 Å². The number of benzene rings is 1. The van der Waals surface area contributed by atoms with E-state index in [-0.39, 0.29) is 12.4 Å². The van der Waals surface area contributed by atoms with Crippen LogP contribution < -0.4 is 4.74 Å². The largest absolute Gasteiger partial charge is 0.478 e. The van der Waals surface area contributed by atoms with Crippen molar-refractivity contribution in [1.29, 1.82) is 0 Å². The van der Waals surface area contributed by atoms with E-state index >= 15 is 0 Å². The summed E-state index contributed by atoms with van der Waals surface area (Å²) in [6.07, 6.45) is 1.43. The van der Waals surface area contributed by atoms with Crippen LogP contribution in [-0.2, 0) is 17.1 Å². The number of thioether (sulfide) groups is 1. The molecule has 20 heavy (non-hydrogen) atoms. The van der Waals surface area contributed by atoms with E-state index in [2.05, 4.69) is 15.2 Å². The minimum absolute atomic E-state index is 0.180. The SMILES string of the molecule is O=C(O)c1cc2c(c(CSc3ncn[nH]3)c1)OCOC2. The number of aromatic amines is 1. The second-order valence-corrected chi connectivity index (χ2v) is 5.08. The lowest BCUT2D eigenvalue weighted by molar-refractivity contribution is -0.0169. The van der Waals surface area contributed by atoms with Crippen molar-refractivity contribution < 1.29 is 19.4 Å². The van der Waals surface area contributed by atoms with Gasteiger partial charge in [0.2, 0.25) is 0 Å². The topological polar surface area (TPSA) is 97.3 Å². The van der Waals surface area contributed by atoms with Gasteiger partial charge in [-0.1, -0.05) is 11.8 Å². The molecule has 0 spiro atoms. The number of hydrogen-bond donors (Lipinski definition) is 2. The van der Waals surface area contributed by atoms with Crippen molar-refractivity contribution >= 4 is 17.7 Å². The number of aromatic carboxylic acids is 1. The summed E-state index contributed by atoms with van der Waals surface area (Å²) >= 11 is 1.43. The van der Waals surface area contributed by atoms with Crippen molar-refractivity contribution in [2.24, 2.45) is 0 Å². The minimum atomic E-state index is -0.968. The summed E-state index contributed by atoms with van der Waals surface area (Å²) in [5, 5.41) is 16.3. The molecule has 2 N–H and O–H groups in total. The summed E-state index contributed by atoms with van der Waals surface area (Å²) in [7, 11) is 0. The van der Waals surface area contributed by atoms with Crippen LogP contribution in [0.1, 0.15) is 21.5 Å². The van der Waals surface area contributed by atoms with Gasteiger partial charge in [-0.3, -0.25) is 5.10 Å². The summed E-state index contributed by atoms with van der Waals surface area (Å²) in [6.45, 7) is 0.538. The molecule has 7 nitrogen and oxygen atoms in total. The van der Waals surface area contributed by atoms with Gasteiger partial charge >= 0.3 is 5.97 Å². The van der Waals surface area contributed by atoms with E-state index in [1.807, 2.05) is 0 Å². The highest BCUT2D eigenvalue weighted by atomic mass is 32.2. The number of nitrogens with one attached hydrogen (secondary N) is 1. The third kappa shape index (κ3) is 2.61. The van der Waals surface area contributed by atoms with Crippen molar-refractivity contribution in [3.05, 3.63) is 35.2 Å². The number of carboxylic acid groups (broad SMARTS) is 1. The molecular weight excluding hydrogens is 282 g/mol. The smallest absolute Gasteiger partial charge is 0.335 e. The zero-order valence-corrected chi connectivity index (χ0v) is 11.1. The molecule has 8 heteroatoms. The molecule has 1 aromatic carbocycles. The first-order valence-corrected chi connectivity index (χ1v) is 6.80. The van der Waals surface area contributed by atoms with Gasteiger partial charge in [-0.05, 0) is 12.1 Å². The van der Waals surface area contributed by atoms with Crippen LogP contribution in [0.2, 0.25) is 0 Å². The van der Waals surface area contributed by atoms with Crippen LogP contribution in [0.3, 0.4) is 0 Å². The van der Waals surface area contributed by atoms with Crippen LogP contribution in [-0.4, -0.2) is 33.1 Å². The third-order valence-corrected chi connectivity index (χ3v) is 3.72. The van der Waals surface area contributed by atoms with E-state index in [0.29, 0.717) is 23.3 Å². The summed E-state index contributed by atoms with van der Waals surface area (Å²) in [5.74, 6) is 0.274. The van der Waals surface area contributed by atoms with Gasteiger partial charge in [-0.15, -0.1) is 0 Å². The molecule has 0 unspecified atom stereocenters. The molecule has 0 saturated heterocycles. The molecule has 104 valence electrons. The normalized spacial score (nSPS) is 13.6. The Labute approximate surface area is 118 Å². The molecule has 1 aromatic heterocycles. The molecular formula is C12H11N3O4S. The number of hydrogen-bond acceptors (Lipinski definition) is 6. The van der Waals surface area contributed by atoms with Gasteiger partial charge < -0.3 is 14.6 Å². The van der Waals surface area contributed by atoms with E-state index in [1.165, 1.54) is 18.1 Å². The van der Waals surface area contributed by atoms with Crippen molar-refractivity contribution in [2.45, 2.75) is 17.5 Å². The van der Waals surface area contributed by atoms with E-state index < -0.39 is 5.97 Å². The highest BCUT2D eigenvalue weighted by Gasteiger charge is 2.19. The van der Waals surface area contributed by atoms with E-state index in [1.54, 1.807) is 12.1 Å². The van der Waals surface area contributed by atoms with Crippen LogP contribution in [0.25, 0.3) is 0 Å². The quantitative estimate of drug-likeness (QED) is 0.827. The van der Waals surface area contributed by atoms with Crippen LogP contribution in [0.4, 0.5) is 0 Å². The highest BCUT2D eigenvalue weighted by molar-refractivity contribution is 7.98. The van der Waals surface area contributed by atoms with Gasteiger partial charge in [0.05, 0.1) is 12.2 Å². The van der Waals surface area contributed by atoms with E-state index in [0.717, 1.165) is 11.1 Å². The first-order valence-electron chi connectivity index (χ1n) is 5.82. The molecule has 0 amide bonds. The van der Waals surface area contributed by atoms with Crippen LogP contribution in [0, 0.1) is 0 Å². The predicted molar refractivity (Wildman–Crippen MR) is 69.6 cm³/mol. The lowest BCUT2D eigenvalue weighted by Crippen LogP contribution is -2.14. The Kier molecular flexibility index (Phi) is 3.57. The molecule has 0 aliphatic carbocycles. The number of carbonyl (C=O) groups is 1. The molecule has 0 bridgehead atoms. The number of rotatable bonds is 4. The Morgan fingerprint density at radius 3 is 3.15 bits per heavy atom. The zero-order chi connectivity index (χ0) is 13.9. The average Bonchev–Trinajstić information content (AvgIpc) is 2.97. The monoisotopic (exact) mass is 293 g/mol. The van der Waals surface area contributed by atoms with Crippen molar-refractivity contribution in [1.82, 2.24) is 15.2 Å². The first kappa shape index (κ1) is 12.9. The number of aromatic nitrogens is 3. The van der Waals surface area contributed by atoms with Gasteiger partial charge in [0.1, 0.15) is 12.1 Å². The Balaban J connectivity index is 1.90. The molecule has 1 aliphatic heterocycles. The fourth-order valence-electron chi connectivity index (χ4n) is 1.94. The number of fused-ring (bicyclic) bond motifs is 1. The molecule has 0 saturated carbocycles. The second-order valence-electron chi connectivity index (χ2n) is 4.12. The summed E-state index contributed by atoms with van der Waals surface area (Å²) < 4.78 is 10.7. The number of nitrogens with zero attached hydrogens (tertiary/aromatic N) is 2. The minimum Gasteiger partial charge on any atom is -0.478 e. The summed E-state index contributed by atoms with van der Waals surface area (Å²) in [5.41, 5.74) is 1.79.